The molecule has 0 spiro atoms. The highest BCUT2D eigenvalue weighted by molar-refractivity contribution is 5.83. The van der Waals surface area contributed by atoms with Gasteiger partial charge in [0, 0.05) is 12.5 Å². The molecule has 1 aromatic heterocycles. The Labute approximate surface area is 155 Å². The van der Waals surface area contributed by atoms with E-state index < -0.39 is 29.6 Å². The van der Waals surface area contributed by atoms with Crippen molar-refractivity contribution in [2.75, 3.05) is 0 Å². The molecule has 27 heavy (non-hydrogen) atoms. The van der Waals surface area contributed by atoms with E-state index in [1.165, 1.54) is 12.1 Å². The molecular weight excluding hydrogens is 356 g/mol. The molecule has 0 unspecified atom stereocenters. The van der Waals surface area contributed by atoms with Crippen molar-refractivity contribution >= 4 is 12.1 Å². The molecule has 9 heteroatoms. The zero-order valence-corrected chi connectivity index (χ0v) is 15.1. The number of amides is 1. The van der Waals surface area contributed by atoms with E-state index in [2.05, 4.69) is 10.3 Å². The second kappa shape index (κ2) is 7.90. The van der Waals surface area contributed by atoms with E-state index in [0.29, 0.717) is 5.56 Å². The van der Waals surface area contributed by atoms with Gasteiger partial charge in [0.2, 0.25) is 5.88 Å². The predicted octanol–water partition coefficient (Wildman–Crippen LogP) is 2.17. The Bertz CT molecular complexity index is 806. The van der Waals surface area contributed by atoms with E-state index in [0.717, 1.165) is 6.07 Å². The summed E-state index contributed by atoms with van der Waals surface area (Å²) in [5, 5.41) is 30.7. The summed E-state index contributed by atoms with van der Waals surface area (Å²) < 4.78 is 10.2. The van der Waals surface area contributed by atoms with Gasteiger partial charge in [-0.2, -0.15) is 0 Å². The summed E-state index contributed by atoms with van der Waals surface area (Å²) in [6.07, 6.45) is -0.764. The average Bonchev–Trinajstić information content (AvgIpc) is 2.84. The maximum absolute atomic E-state index is 12.5. The first-order chi connectivity index (χ1) is 12.5. The first-order valence-electron chi connectivity index (χ1n) is 8.13. The summed E-state index contributed by atoms with van der Waals surface area (Å²) in [6, 6.07) is 5.96. The van der Waals surface area contributed by atoms with Gasteiger partial charge in [0.25, 0.3) is 0 Å². The van der Waals surface area contributed by atoms with E-state index in [-0.39, 0.29) is 23.8 Å². The lowest BCUT2D eigenvalue weighted by molar-refractivity contribution is -0.136. The third kappa shape index (κ3) is 6.14. The van der Waals surface area contributed by atoms with Crippen molar-refractivity contribution in [1.82, 2.24) is 10.3 Å². The zero-order valence-electron chi connectivity index (χ0n) is 15.1. The van der Waals surface area contributed by atoms with Crippen molar-refractivity contribution in [3.63, 3.8) is 0 Å². The van der Waals surface area contributed by atoms with Crippen molar-refractivity contribution in [3.8, 4) is 23.3 Å². The van der Waals surface area contributed by atoms with Crippen LogP contribution in [0.5, 0.6) is 23.3 Å². The highest BCUT2D eigenvalue weighted by atomic mass is 16.6. The van der Waals surface area contributed by atoms with Crippen LogP contribution in [0.25, 0.3) is 0 Å². The van der Waals surface area contributed by atoms with Crippen molar-refractivity contribution in [2.24, 2.45) is 0 Å². The molecular formula is C18H22N2O7. The monoisotopic (exact) mass is 378 g/mol. The number of alkyl carbamates (subject to hydrolysis) is 1. The molecule has 0 aliphatic carbocycles. The van der Waals surface area contributed by atoms with Crippen molar-refractivity contribution in [3.05, 3.63) is 35.9 Å². The molecule has 0 aliphatic rings. The fourth-order valence-corrected chi connectivity index (χ4v) is 2.18. The molecule has 0 saturated carbocycles. The van der Waals surface area contributed by atoms with Gasteiger partial charge in [-0.15, -0.1) is 0 Å². The SMILES string of the molecule is CC(C)(C)OC(=O)N[C@@H](Cc1ccc(O)cc1)C(=O)Oc1cc(O)[nH]c1O. The molecule has 146 valence electrons. The number of phenolic OH excluding ortho intramolecular Hbond substituents is 1. The molecule has 0 saturated heterocycles. The third-order valence-corrected chi connectivity index (χ3v) is 3.31. The highest BCUT2D eigenvalue weighted by Crippen LogP contribution is 2.29. The number of ether oxygens (including phenoxy) is 2. The van der Waals surface area contributed by atoms with Crippen LogP contribution in [-0.4, -0.2) is 44.0 Å². The number of aromatic hydroxyl groups is 3. The Morgan fingerprint density at radius 1 is 1.15 bits per heavy atom. The Kier molecular flexibility index (Phi) is 5.84. The molecule has 9 nitrogen and oxygen atoms in total. The molecule has 0 radical (unpaired) electrons. The topological polar surface area (TPSA) is 141 Å². The number of nitrogens with one attached hydrogen (secondary N) is 2. The summed E-state index contributed by atoms with van der Waals surface area (Å²) in [6.45, 7) is 5.04. The number of hydrogen-bond acceptors (Lipinski definition) is 7. The van der Waals surface area contributed by atoms with E-state index in [4.69, 9.17) is 9.47 Å². The molecule has 0 fully saturated rings. The molecule has 1 heterocycles. The summed E-state index contributed by atoms with van der Waals surface area (Å²) in [7, 11) is 0. The second-order valence-corrected chi connectivity index (χ2v) is 6.86. The number of esters is 1. The van der Waals surface area contributed by atoms with Crippen LogP contribution >= 0.6 is 0 Å². The van der Waals surface area contributed by atoms with Crippen LogP contribution in [-0.2, 0) is 16.0 Å². The number of carbonyl (C=O) groups is 2. The maximum atomic E-state index is 12.5. The maximum Gasteiger partial charge on any atom is 0.408 e. The first kappa shape index (κ1) is 20.0. The first-order valence-corrected chi connectivity index (χ1v) is 8.13. The van der Waals surface area contributed by atoms with Crippen molar-refractivity contribution in [2.45, 2.75) is 38.8 Å². The smallest absolute Gasteiger partial charge is 0.408 e. The largest absolute Gasteiger partial charge is 0.508 e. The number of carbonyl (C=O) groups excluding carboxylic acids is 2. The second-order valence-electron chi connectivity index (χ2n) is 6.86. The Hall–Kier alpha value is -3.36. The van der Waals surface area contributed by atoms with Gasteiger partial charge in [-0.05, 0) is 38.5 Å². The van der Waals surface area contributed by atoms with Crippen molar-refractivity contribution < 1.29 is 34.4 Å². The summed E-state index contributed by atoms with van der Waals surface area (Å²) >= 11 is 0. The fourth-order valence-electron chi connectivity index (χ4n) is 2.18. The molecule has 1 atom stereocenters. The van der Waals surface area contributed by atoms with Crippen LogP contribution in [0.15, 0.2) is 30.3 Å². The van der Waals surface area contributed by atoms with Crippen molar-refractivity contribution in [1.29, 1.82) is 0 Å². The lowest BCUT2D eigenvalue weighted by atomic mass is 10.1. The van der Waals surface area contributed by atoms with Gasteiger partial charge in [-0.3, -0.25) is 4.98 Å². The molecule has 0 bridgehead atoms. The van der Waals surface area contributed by atoms with Gasteiger partial charge in [0.1, 0.15) is 17.4 Å². The Morgan fingerprint density at radius 3 is 2.30 bits per heavy atom. The number of H-pyrrole nitrogens is 1. The molecule has 1 aromatic carbocycles. The van der Waals surface area contributed by atoms with E-state index in [9.17, 15) is 24.9 Å². The number of benzene rings is 1. The van der Waals surface area contributed by atoms with Crippen LogP contribution in [0.1, 0.15) is 26.3 Å². The lowest BCUT2D eigenvalue weighted by Crippen LogP contribution is -2.46. The minimum absolute atomic E-state index is 0.0511. The molecule has 2 rings (SSSR count). The third-order valence-electron chi connectivity index (χ3n) is 3.31. The lowest BCUT2D eigenvalue weighted by Gasteiger charge is -2.23. The predicted molar refractivity (Wildman–Crippen MR) is 94.7 cm³/mol. The summed E-state index contributed by atoms with van der Waals surface area (Å²) in [5.74, 6) is -2.00. The number of rotatable bonds is 5. The standard InChI is InChI=1S/C18H22N2O7/c1-18(2,3)27-17(25)19-12(8-10-4-6-11(21)7-5-10)16(24)26-13-9-14(22)20-15(13)23/h4-7,9,12,20-23H,8H2,1-3H3,(H,19,25)/t12-/m0/s1. The van der Waals surface area contributed by atoms with E-state index in [1.54, 1.807) is 32.9 Å². The molecule has 1 amide bonds. The molecule has 2 aromatic rings. The molecule has 0 aliphatic heterocycles. The van der Waals surface area contributed by atoms with Crippen LogP contribution < -0.4 is 10.1 Å². The highest BCUT2D eigenvalue weighted by Gasteiger charge is 2.27. The Morgan fingerprint density at radius 2 is 1.78 bits per heavy atom. The van der Waals surface area contributed by atoms with Gasteiger partial charge in [0.15, 0.2) is 11.6 Å². The van der Waals surface area contributed by atoms with E-state index in [1.807, 2.05) is 0 Å². The van der Waals surface area contributed by atoms with Gasteiger partial charge < -0.3 is 30.1 Å². The molecule has 5 N–H and O–H groups in total. The van der Waals surface area contributed by atoms with Crippen LogP contribution in [0.4, 0.5) is 4.79 Å². The number of aromatic nitrogens is 1. The van der Waals surface area contributed by atoms with Gasteiger partial charge >= 0.3 is 12.1 Å². The summed E-state index contributed by atoms with van der Waals surface area (Å²) in [5.41, 5.74) is -0.117. The number of aromatic amines is 1. The quantitative estimate of drug-likeness (QED) is 0.502. The van der Waals surface area contributed by atoms with Crippen LogP contribution in [0.3, 0.4) is 0 Å². The zero-order chi connectivity index (χ0) is 20.2. The Balaban J connectivity index is 2.16. The number of phenols is 1. The fraction of sp³-hybridized carbons (Fsp3) is 0.333. The van der Waals surface area contributed by atoms with Crippen LogP contribution in [0, 0.1) is 0 Å². The van der Waals surface area contributed by atoms with Gasteiger partial charge in [-0.25, -0.2) is 9.59 Å². The normalized spacial score (nSPS) is 12.3. The average molecular weight is 378 g/mol. The van der Waals surface area contributed by atoms with E-state index >= 15 is 0 Å². The number of hydrogen-bond donors (Lipinski definition) is 5. The van der Waals surface area contributed by atoms with Gasteiger partial charge in [0.05, 0.1) is 0 Å². The van der Waals surface area contributed by atoms with Crippen LogP contribution in [0.2, 0.25) is 0 Å². The van der Waals surface area contributed by atoms with Gasteiger partial charge in [-0.1, -0.05) is 12.1 Å². The minimum atomic E-state index is -1.14. The summed E-state index contributed by atoms with van der Waals surface area (Å²) in [4.78, 5) is 26.7. The minimum Gasteiger partial charge on any atom is -0.508 e.